The number of amides is 1. The molecule has 0 saturated carbocycles. The fraction of sp³-hybridized carbons (Fsp3) is 0.394. The van der Waals surface area contributed by atoms with Gasteiger partial charge in [0.25, 0.3) is 5.91 Å². The molecular weight excluding hydrogens is 567 g/mol. The van der Waals surface area contributed by atoms with Crippen LogP contribution in [0, 0.1) is 0 Å². The second-order valence-corrected chi connectivity index (χ2v) is 12.4. The number of benzene rings is 3. The van der Waals surface area contributed by atoms with Crippen molar-refractivity contribution in [2.45, 2.75) is 73.7 Å². The maximum atomic E-state index is 12.8. The van der Waals surface area contributed by atoms with Gasteiger partial charge in [0, 0.05) is 12.2 Å². The summed E-state index contributed by atoms with van der Waals surface area (Å²) < 4.78 is 7.53. The van der Waals surface area contributed by atoms with Crippen LogP contribution in [0.2, 0.25) is 0 Å². The Morgan fingerprint density at radius 3 is 2.31 bits per heavy atom. The zero-order valence-electron chi connectivity index (χ0n) is 24.6. The lowest BCUT2D eigenvalue weighted by atomic mass is 9.87. The Labute approximate surface area is 258 Å². The molecule has 0 radical (unpaired) electrons. The van der Waals surface area contributed by atoms with E-state index in [2.05, 4.69) is 42.3 Å². The molecule has 0 bridgehead atoms. The van der Waals surface area contributed by atoms with Crippen LogP contribution in [0.4, 0.5) is 11.4 Å². The third-order valence-corrected chi connectivity index (χ3v) is 9.45. The van der Waals surface area contributed by atoms with Gasteiger partial charge in [0.15, 0.2) is 6.61 Å². The molecular formula is C33H41N3O4S2. The van der Waals surface area contributed by atoms with Gasteiger partial charge in [-0.05, 0) is 60.9 Å². The van der Waals surface area contributed by atoms with E-state index in [1.54, 1.807) is 23.9 Å². The first-order valence-electron chi connectivity index (χ1n) is 14.6. The van der Waals surface area contributed by atoms with Crippen molar-refractivity contribution in [1.82, 2.24) is 9.79 Å². The summed E-state index contributed by atoms with van der Waals surface area (Å²) in [6.07, 6.45) is 8.60. The molecule has 2 N–H and O–H groups in total. The first kappa shape index (κ1) is 31.9. The minimum absolute atomic E-state index is 0.240. The van der Waals surface area contributed by atoms with Crippen molar-refractivity contribution < 1.29 is 19.5 Å². The van der Waals surface area contributed by atoms with Crippen molar-refractivity contribution in [3.05, 3.63) is 78.4 Å². The number of hydrogen-bond donors (Lipinski definition) is 2. The van der Waals surface area contributed by atoms with Gasteiger partial charge in [-0.1, -0.05) is 88.1 Å². The highest BCUT2D eigenvalue weighted by Crippen LogP contribution is 2.49. The van der Waals surface area contributed by atoms with E-state index in [1.807, 2.05) is 48.7 Å². The van der Waals surface area contributed by atoms with Crippen LogP contribution in [-0.4, -0.2) is 46.8 Å². The van der Waals surface area contributed by atoms with Crippen LogP contribution < -0.4 is 15.0 Å². The molecule has 3 aromatic carbocycles. The number of anilines is 2. The van der Waals surface area contributed by atoms with E-state index in [0.29, 0.717) is 17.9 Å². The monoisotopic (exact) mass is 607 g/mol. The Morgan fingerprint density at radius 1 is 1.07 bits per heavy atom. The number of carbonyl (C=O) groups is 2. The van der Waals surface area contributed by atoms with Crippen LogP contribution in [0.15, 0.2) is 82.6 Å². The summed E-state index contributed by atoms with van der Waals surface area (Å²) in [6, 6.07) is 22.7. The molecule has 0 spiro atoms. The lowest BCUT2D eigenvalue weighted by molar-refractivity contribution is -0.125. The number of carbonyl (C=O) groups excluding carboxylic acids is 2. The smallest absolute Gasteiger partial charge is 0.258 e. The quantitative estimate of drug-likeness (QED) is 0.109. The molecule has 7 nitrogen and oxygen atoms in total. The van der Waals surface area contributed by atoms with Gasteiger partial charge in [-0.3, -0.25) is 4.79 Å². The van der Waals surface area contributed by atoms with Gasteiger partial charge in [-0.15, -0.1) is 16.2 Å². The van der Waals surface area contributed by atoms with Gasteiger partial charge in [-0.25, -0.2) is 0 Å². The van der Waals surface area contributed by atoms with Gasteiger partial charge in [0.05, 0.1) is 21.0 Å². The van der Waals surface area contributed by atoms with Crippen molar-refractivity contribution in [2.75, 3.05) is 24.3 Å². The van der Waals surface area contributed by atoms with Crippen molar-refractivity contribution in [3.8, 4) is 5.75 Å². The highest BCUT2D eigenvalue weighted by molar-refractivity contribution is 7.98. The second kappa shape index (κ2) is 15.5. The Hall–Kier alpha value is -2.98. The normalized spacial score (nSPS) is 15.4. The van der Waals surface area contributed by atoms with Crippen LogP contribution in [0.1, 0.15) is 64.0 Å². The number of fused-ring (bicyclic) bond motifs is 1. The van der Waals surface area contributed by atoms with E-state index in [9.17, 15) is 14.8 Å². The molecule has 1 heterocycles. The molecule has 42 heavy (non-hydrogen) atoms. The van der Waals surface area contributed by atoms with Gasteiger partial charge >= 0.3 is 0 Å². The first-order valence-corrected chi connectivity index (χ1v) is 16.6. The van der Waals surface area contributed by atoms with Crippen LogP contribution in [0.3, 0.4) is 0 Å². The maximum Gasteiger partial charge on any atom is 0.258 e. The summed E-state index contributed by atoms with van der Waals surface area (Å²) in [7, 11) is 0. The number of para-hydroxylation sites is 1. The van der Waals surface area contributed by atoms with Crippen LogP contribution in [0.5, 0.6) is 5.75 Å². The molecule has 1 aliphatic heterocycles. The summed E-state index contributed by atoms with van der Waals surface area (Å²) in [4.78, 5) is 28.5. The highest BCUT2D eigenvalue weighted by atomic mass is 32.2. The molecule has 224 valence electrons. The first-order chi connectivity index (χ1) is 20.4. The van der Waals surface area contributed by atoms with Crippen LogP contribution >= 0.6 is 23.7 Å². The van der Waals surface area contributed by atoms with E-state index in [1.165, 1.54) is 16.4 Å². The predicted molar refractivity (Wildman–Crippen MR) is 172 cm³/mol. The zero-order chi connectivity index (χ0) is 30.0. The van der Waals surface area contributed by atoms with Gasteiger partial charge in [-0.2, -0.15) is 0 Å². The Kier molecular flexibility index (Phi) is 11.8. The summed E-state index contributed by atoms with van der Waals surface area (Å²) in [6.45, 7) is 4.78. The molecule has 9 heteroatoms. The maximum absolute atomic E-state index is 12.8. The molecule has 0 aliphatic carbocycles. The van der Waals surface area contributed by atoms with Gasteiger partial charge in [0.2, 0.25) is 0 Å². The standard InChI is InChI=1S/C33H41N3O4S2/c1-4-6-18-33(19-7-5-2)24-35(26-16-12-9-13-17-26)28-20-31(41-3)29(21-30(28)42-36(33)39)40-23-32(38)34-27(22-37)25-14-10-8-11-15-25/h8-17,20-22,27,39H,4-7,18-19,23-24H2,1-3H3,(H,34,38). The van der Waals surface area contributed by atoms with Crippen molar-refractivity contribution in [3.63, 3.8) is 0 Å². The average molecular weight is 608 g/mol. The molecule has 1 aliphatic rings. The third-order valence-electron chi connectivity index (χ3n) is 7.61. The number of nitrogens with zero attached hydrogens (tertiary/aromatic N) is 2. The zero-order valence-corrected chi connectivity index (χ0v) is 26.3. The number of rotatable bonds is 14. The van der Waals surface area contributed by atoms with Crippen molar-refractivity contribution >= 4 is 47.3 Å². The molecule has 0 fully saturated rings. The Bertz CT molecular complexity index is 1300. The van der Waals surface area contributed by atoms with Gasteiger partial charge in [0.1, 0.15) is 18.1 Å². The van der Waals surface area contributed by atoms with Crippen molar-refractivity contribution in [1.29, 1.82) is 0 Å². The largest absolute Gasteiger partial charge is 0.483 e. The number of hydroxylamine groups is 1. The van der Waals surface area contributed by atoms with E-state index < -0.39 is 17.5 Å². The molecule has 1 amide bonds. The minimum Gasteiger partial charge on any atom is -0.483 e. The van der Waals surface area contributed by atoms with E-state index in [-0.39, 0.29) is 6.61 Å². The fourth-order valence-corrected chi connectivity index (χ4v) is 6.85. The van der Waals surface area contributed by atoms with Gasteiger partial charge < -0.3 is 25.0 Å². The number of unbranched alkanes of at least 4 members (excludes halogenated alkanes) is 2. The van der Waals surface area contributed by atoms with E-state index in [4.69, 9.17) is 4.74 Å². The lowest BCUT2D eigenvalue weighted by Gasteiger charge is -2.41. The van der Waals surface area contributed by atoms with E-state index in [0.717, 1.165) is 66.0 Å². The number of nitrogens with one attached hydrogen (secondary N) is 1. The Morgan fingerprint density at radius 2 is 1.71 bits per heavy atom. The minimum atomic E-state index is -0.744. The lowest BCUT2D eigenvalue weighted by Crippen LogP contribution is -2.50. The van der Waals surface area contributed by atoms with E-state index >= 15 is 0 Å². The van der Waals surface area contributed by atoms with Crippen LogP contribution in [-0.2, 0) is 9.59 Å². The second-order valence-electron chi connectivity index (χ2n) is 10.6. The fourth-order valence-electron chi connectivity index (χ4n) is 5.26. The molecule has 3 aromatic rings. The molecule has 1 atom stereocenters. The average Bonchev–Trinajstić information content (AvgIpc) is 3.14. The highest BCUT2D eigenvalue weighted by Gasteiger charge is 2.42. The number of thioether (sulfide) groups is 1. The number of aldehydes is 1. The summed E-state index contributed by atoms with van der Waals surface area (Å²) in [5.41, 5.74) is 2.33. The number of ether oxygens (including phenoxy) is 1. The van der Waals surface area contributed by atoms with Crippen LogP contribution in [0.25, 0.3) is 0 Å². The Balaban J connectivity index is 1.65. The number of hydrogen-bond acceptors (Lipinski definition) is 8. The van der Waals surface area contributed by atoms with Crippen molar-refractivity contribution in [2.24, 2.45) is 0 Å². The predicted octanol–water partition coefficient (Wildman–Crippen LogP) is 7.81. The third kappa shape index (κ3) is 7.69. The summed E-state index contributed by atoms with van der Waals surface area (Å²) >= 11 is 2.87. The molecule has 0 saturated heterocycles. The molecule has 4 rings (SSSR count). The summed E-state index contributed by atoms with van der Waals surface area (Å²) in [5, 5.41) is 14.4. The summed E-state index contributed by atoms with van der Waals surface area (Å²) in [5.74, 6) is 0.167. The molecule has 1 unspecified atom stereocenters. The SMILES string of the molecule is CCCCC1(CCCC)CN(c2ccccc2)c2cc(SC)c(OCC(=O)NC(C=O)c3ccccc3)cc2SN1O. The topological polar surface area (TPSA) is 82.1 Å². The molecule has 0 aromatic heterocycles.